The van der Waals surface area contributed by atoms with Crippen molar-refractivity contribution in [1.82, 2.24) is 9.88 Å². The molecule has 0 bridgehead atoms. The highest BCUT2D eigenvalue weighted by molar-refractivity contribution is 5.83. The van der Waals surface area contributed by atoms with E-state index >= 15 is 0 Å². The van der Waals surface area contributed by atoms with Crippen LogP contribution in [0.3, 0.4) is 0 Å². The minimum atomic E-state index is 0.713. The molecule has 0 radical (unpaired) electrons. The Morgan fingerprint density at radius 1 is 1.20 bits per heavy atom. The molecule has 4 nitrogen and oxygen atoms in total. The first-order valence-electron chi connectivity index (χ1n) is 7.44. The van der Waals surface area contributed by atoms with Gasteiger partial charge in [0, 0.05) is 36.7 Å². The van der Waals surface area contributed by atoms with Crippen LogP contribution in [-0.2, 0) is 6.42 Å². The van der Waals surface area contributed by atoms with Crippen LogP contribution in [0, 0.1) is 0 Å². The Labute approximate surface area is 119 Å². The van der Waals surface area contributed by atoms with E-state index in [9.17, 15) is 0 Å². The van der Waals surface area contributed by atoms with E-state index in [1.165, 1.54) is 35.7 Å². The fourth-order valence-corrected chi connectivity index (χ4v) is 2.85. The van der Waals surface area contributed by atoms with Crippen molar-refractivity contribution >= 4 is 16.9 Å². The molecule has 0 amide bonds. The van der Waals surface area contributed by atoms with Gasteiger partial charge in [-0.05, 0) is 37.3 Å². The van der Waals surface area contributed by atoms with E-state index in [1.54, 1.807) is 0 Å². The topological polar surface area (TPSA) is 57.4 Å². The number of aliphatic imine (C=N–C) groups is 1. The fourth-order valence-electron chi connectivity index (χ4n) is 2.85. The average Bonchev–Trinajstić information content (AvgIpc) is 2.92. The van der Waals surface area contributed by atoms with Crippen LogP contribution in [-0.4, -0.2) is 35.5 Å². The molecule has 106 valence electrons. The summed E-state index contributed by atoms with van der Waals surface area (Å²) in [6.07, 6.45) is 6.80. The highest BCUT2D eigenvalue weighted by Crippen LogP contribution is 2.18. The summed E-state index contributed by atoms with van der Waals surface area (Å²) in [6.45, 7) is 2.87. The van der Waals surface area contributed by atoms with Crippen molar-refractivity contribution in [3.05, 3.63) is 36.0 Å². The summed E-state index contributed by atoms with van der Waals surface area (Å²) in [7, 11) is 0. The Kier molecular flexibility index (Phi) is 3.90. The standard InChI is InChI=1S/C16H22N4/c17-16(20-10-4-1-5-11-20)18-9-8-13-12-19-15-7-3-2-6-14(13)15/h2-3,6-7,12,19H,1,4-5,8-11H2,(H2,17,18). The second-order valence-electron chi connectivity index (χ2n) is 5.40. The Bertz CT molecular complexity index is 593. The molecule has 2 heterocycles. The van der Waals surface area contributed by atoms with Crippen LogP contribution in [0.5, 0.6) is 0 Å². The van der Waals surface area contributed by atoms with Crippen LogP contribution in [0.15, 0.2) is 35.5 Å². The molecule has 1 fully saturated rings. The predicted molar refractivity (Wildman–Crippen MR) is 83.9 cm³/mol. The molecule has 1 aromatic heterocycles. The summed E-state index contributed by atoms with van der Waals surface area (Å²) in [5, 5.41) is 1.29. The van der Waals surface area contributed by atoms with Gasteiger partial charge in [0.2, 0.25) is 0 Å². The van der Waals surface area contributed by atoms with Crippen molar-refractivity contribution < 1.29 is 0 Å². The zero-order valence-electron chi connectivity index (χ0n) is 11.8. The molecule has 0 atom stereocenters. The Balaban J connectivity index is 1.61. The number of nitrogens with one attached hydrogen (secondary N) is 1. The van der Waals surface area contributed by atoms with Crippen molar-refractivity contribution in [3.63, 3.8) is 0 Å². The lowest BCUT2D eigenvalue weighted by Crippen LogP contribution is -2.41. The molecule has 0 unspecified atom stereocenters. The summed E-state index contributed by atoms with van der Waals surface area (Å²) >= 11 is 0. The molecule has 20 heavy (non-hydrogen) atoms. The molecule has 4 heteroatoms. The smallest absolute Gasteiger partial charge is 0.191 e. The van der Waals surface area contributed by atoms with E-state index in [2.05, 4.69) is 45.3 Å². The van der Waals surface area contributed by atoms with Gasteiger partial charge in [0.1, 0.15) is 0 Å². The van der Waals surface area contributed by atoms with Crippen molar-refractivity contribution in [1.29, 1.82) is 0 Å². The van der Waals surface area contributed by atoms with Gasteiger partial charge in [-0.15, -0.1) is 0 Å². The molecule has 3 rings (SSSR count). The maximum atomic E-state index is 6.07. The van der Waals surface area contributed by atoms with Crippen LogP contribution in [0.4, 0.5) is 0 Å². The lowest BCUT2D eigenvalue weighted by molar-refractivity contribution is 0.338. The number of nitrogens with two attached hydrogens (primary N) is 1. The van der Waals surface area contributed by atoms with E-state index in [4.69, 9.17) is 5.73 Å². The molecular formula is C16H22N4. The highest BCUT2D eigenvalue weighted by Gasteiger charge is 2.11. The normalized spacial score (nSPS) is 16.8. The quantitative estimate of drug-likeness (QED) is 0.665. The van der Waals surface area contributed by atoms with Gasteiger partial charge in [-0.3, -0.25) is 4.99 Å². The number of likely N-dealkylation sites (tertiary alicyclic amines) is 1. The average molecular weight is 270 g/mol. The molecule has 0 spiro atoms. The Hall–Kier alpha value is -1.97. The third-order valence-corrected chi connectivity index (χ3v) is 4.01. The minimum Gasteiger partial charge on any atom is -0.370 e. The summed E-state index contributed by atoms with van der Waals surface area (Å²) < 4.78 is 0. The van der Waals surface area contributed by atoms with Gasteiger partial charge in [0.15, 0.2) is 5.96 Å². The summed E-state index contributed by atoms with van der Waals surface area (Å²) in [5.74, 6) is 0.713. The maximum Gasteiger partial charge on any atom is 0.191 e. The summed E-state index contributed by atoms with van der Waals surface area (Å²) in [6, 6.07) is 8.38. The van der Waals surface area contributed by atoms with E-state index < -0.39 is 0 Å². The van der Waals surface area contributed by atoms with Gasteiger partial charge >= 0.3 is 0 Å². The van der Waals surface area contributed by atoms with Crippen LogP contribution >= 0.6 is 0 Å². The number of H-pyrrole nitrogens is 1. The first-order valence-corrected chi connectivity index (χ1v) is 7.44. The van der Waals surface area contributed by atoms with Gasteiger partial charge in [-0.25, -0.2) is 0 Å². The van der Waals surface area contributed by atoms with Crippen molar-refractivity contribution in [2.45, 2.75) is 25.7 Å². The molecular weight excluding hydrogens is 248 g/mol. The number of fused-ring (bicyclic) bond motifs is 1. The number of aromatic nitrogens is 1. The number of aromatic amines is 1. The number of nitrogens with zero attached hydrogens (tertiary/aromatic N) is 2. The van der Waals surface area contributed by atoms with E-state index in [-0.39, 0.29) is 0 Å². The Morgan fingerprint density at radius 2 is 2.00 bits per heavy atom. The van der Waals surface area contributed by atoms with Gasteiger partial charge < -0.3 is 15.6 Å². The number of hydrogen-bond donors (Lipinski definition) is 2. The van der Waals surface area contributed by atoms with Crippen LogP contribution in [0.25, 0.3) is 10.9 Å². The van der Waals surface area contributed by atoms with Gasteiger partial charge in [0.25, 0.3) is 0 Å². The number of rotatable bonds is 3. The first-order chi connectivity index (χ1) is 9.84. The predicted octanol–water partition coefficient (Wildman–Crippen LogP) is 2.51. The molecule has 1 aromatic carbocycles. The monoisotopic (exact) mass is 270 g/mol. The zero-order chi connectivity index (χ0) is 13.8. The molecule has 0 saturated carbocycles. The van der Waals surface area contributed by atoms with Crippen LogP contribution in [0.1, 0.15) is 24.8 Å². The summed E-state index contributed by atoms with van der Waals surface area (Å²) in [5.41, 5.74) is 8.57. The number of guanidine groups is 1. The second-order valence-corrected chi connectivity index (χ2v) is 5.40. The van der Waals surface area contributed by atoms with Crippen LogP contribution < -0.4 is 5.73 Å². The SMILES string of the molecule is NC(=NCCc1c[nH]c2ccccc12)N1CCCCC1. The number of para-hydroxylation sites is 1. The van der Waals surface area contributed by atoms with Crippen molar-refractivity contribution in [2.24, 2.45) is 10.7 Å². The highest BCUT2D eigenvalue weighted by atomic mass is 15.2. The minimum absolute atomic E-state index is 0.713. The fraction of sp³-hybridized carbons (Fsp3) is 0.438. The molecule has 1 saturated heterocycles. The van der Waals surface area contributed by atoms with Gasteiger partial charge in [0.05, 0.1) is 0 Å². The van der Waals surface area contributed by atoms with Gasteiger partial charge in [-0.2, -0.15) is 0 Å². The molecule has 0 aliphatic carbocycles. The van der Waals surface area contributed by atoms with Gasteiger partial charge in [-0.1, -0.05) is 18.2 Å². The summed E-state index contributed by atoms with van der Waals surface area (Å²) in [4.78, 5) is 10.0. The van der Waals surface area contributed by atoms with Crippen molar-refractivity contribution in [2.75, 3.05) is 19.6 Å². The van der Waals surface area contributed by atoms with E-state index in [1.807, 2.05) is 0 Å². The molecule has 2 aromatic rings. The lowest BCUT2D eigenvalue weighted by Gasteiger charge is -2.27. The zero-order valence-corrected chi connectivity index (χ0v) is 11.8. The third-order valence-electron chi connectivity index (χ3n) is 4.01. The largest absolute Gasteiger partial charge is 0.370 e. The van der Waals surface area contributed by atoms with Crippen LogP contribution in [0.2, 0.25) is 0 Å². The van der Waals surface area contributed by atoms with Crippen molar-refractivity contribution in [3.8, 4) is 0 Å². The molecule has 1 aliphatic rings. The molecule has 1 aliphatic heterocycles. The first kappa shape index (κ1) is 13.0. The third kappa shape index (κ3) is 2.79. The lowest BCUT2D eigenvalue weighted by atomic mass is 10.1. The number of hydrogen-bond acceptors (Lipinski definition) is 1. The number of benzene rings is 1. The second kappa shape index (κ2) is 5.99. The molecule has 3 N–H and O–H groups in total. The number of piperidine rings is 1. The maximum absolute atomic E-state index is 6.07. The van der Waals surface area contributed by atoms with E-state index in [0.29, 0.717) is 5.96 Å². The Morgan fingerprint density at radius 3 is 2.85 bits per heavy atom. The van der Waals surface area contributed by atoms with E-state index in [0.717, 1.165) is 26.1 Å².